The summed E-state index contributed by atoms with van der Waals surface area (Å²) in [5.41, 5.74) is 4.56. The molecule has 2 heteroatoms. The Hall–Kier alpha value is -1.02. The van der Waals surface area contributed by atoms with Crippen LogP contribution in [-0.4, -0.2) is 12.2 Å². The summed E-state index contributed by atoms with van der Waals surface area (Å²) in [6.07, 6.45) is 0.427. The molecule has 0 fully saturated rings. The highest BCUT2D eigenvalue weighted by molar-refractivity contribution is 5.58. The molecule has 0 saturated heterocycles. The van der Waals surface area contributed by atoms with Gasteiger partial charge in [0.2, 0.25) is 0 Å². The number of benzene rings is 1. The van der Waals surface area contributed by atoms with Crippen LogP contribution in [0.25, 0.3) is 0 Å². The van der Waals surface area contributed by atoms with E-state index in [9.17, 15) is 5.11 Å². The third kappa shape index (κ3) is 2.07. The van der Waals surface area contributed by atoms with E-state index in [1.54, 1.807) is 0 Å². The van der Waals surface area contributed by atoms with Crippen LogP contribution in [-0.2, 0) is 0 Å². The molecule has 1 aromatic rings. The van der Waals surface area contributed by atoms with Gasteiger partial charge in [0.1, 0.15) is 0 Å². The van der Waals surface area contributed by atoms with Crippen LogP contribution in [0.15, 0.2) is 12.1 Å². The van der Waals surface area contributed by atoms with E-state index in [1.165, 1.54) is 11.1 Å². The van der Waals surface area contributed by atoms with Crippen LogP contribution < -0.4 is 5.32 Å². The molecule has 0 radical (unpaired) electrons. The van der Waals surface area contributed by atoms with Gasteiger partial charge in [-0.2, -0.15) is 0 Å². The van der Waals surface area contributed by atoms with Crippen molar-refractivity contribution < 1.29 is 5.11 Å². The molecule has 14 heavy (non-hydrogen) atoms. The van der Waals surface area contributed by atoms with Crippen LogP contribution in [0.1, 0.15) is 36.1 Å². The molecule has 0 heterocycles. The first-order chi connectivity index (χ1) is 6.60. The predicted octanol–water partition coefficient (Wildman–Crippen LogP) is 2.79. The Morgan fingerprint density at radius 1 is 1.29 bits per heavy atom. The van der Waals surface area contributed by atoms with E-state index in [0.717, 1.165) is 17.7 Å². The van der Waals surface area contributed by atoms with Gasteiger partial charge in [-0.05, 0) is 37.0 Å². The van der Waals surface area contributed by atoms with Crippen molar-refractivity contribution in [1.29, 1.82) is 0 Å². The van der Waals surface area contributed by atoms with Crippen LogP contribution in [0.5, 0.6) is 0 Å². The average Bonchev–Trinajstić information content (AvgIpc) is 2.16. The maximum absolute atomic E-state index is 9.72. The van der Waals surface area contributed by atoms with Crippen molar-refractivity contribution in [3.63, 3.8) is 0 Å². The summed E-state index contributed by atoms with van der Waals surface area (Å²) in [5, 5.41) is 12.9. The largest absolute Gasteiger partial charge is 0.388 e. The summed E-state index contributed by atoms with van der Waals surface area (Å²) in [5.74, 6) is 0. The molecule has 2 N–H and O–H groups in total. The number of hydrogen-bond acceptors (Lipinski definition) is 2. The zero-order valence-electron chi connectivity index (χ0n) is 9.39. The highest BCUT2D eigenvalue weighted by Crippen LogP contribution is 2.26. The lowest BCUT2D eigenvalue weighted by atomic mass is 10.00. The van der Waals surface area contributed by atoms with Crippen LogP contribution in [0, 0.1) is 13.8 Å². The molecule has 0 aliphatic heterocycles. The number of aliphatic hydroxyl groups is 1. The first-order valence-corrected chi connectivity index (χ1v) is 5.07. The fourth-order valence-corrected chi connectivity index (χ4v) is 1.82. The minimum atomic E-state index is -0.335. The van der Waals surface area contributed by atoms with Gasteiger partial charge in [0, 0.05) is 12.7 Å². The minimum Gasteiger partial charge on any atom is -0.388 e. The summed E-state index contributed by atoms with van der Waals surface area (Å²) in [7, 11) is 1.92. The topological polar surface area (TPSA) is 32.3 Å². The standard InChI is InChI=1S/C12H19NO/c1-5-11(14)10-6-8(2)12(13-4)9(3)7-10/h6-7,11,13-14H,5H2,1-4H3. The number of aliphatic hydroxyl groups excluding tert-OH is 1. The molecule has 0 amide bonds. The lowest BCUT2D eigenvalue weighted by Crippen LogP contribution is -2.01. The highest BCUT2D eigenvalue weighted by atomic mass is 16.3. The molecule has 2 nitrogen and oxygen atoms in total. The van der Waals surface area contributed by atoms with E-state index < -0.39 is 0 Å². The van der Waals surface area contributed by atoms with Gasteiger partial charge in [-0.1, -0.05) is 19.1 Å². The van der Waals surface area contributed by atoms with Gasteiger partial charge < -0.3 is 10.4 Å². The fraction of sp³-hybridized carbons (Fsp3) is 0.500. The molecule has 1 unspecified atom stereocenters. The molecule has 0 bridgehead atoms. The molecule has 0 aliphatic carbocycles. The smallest absolute Gasteiger partial charge is 0.0787 e. The number of rotatable bonds is 3. The number of hydrogen-bond donors (Lipinski definition) is 2. The molecular formula is C12H19NO. The van der Waals surface area contributed by atoms with E-state index in [4.69, 9.17) is 0 Å². The lowest BCUT2D eigenvalue weighted by molar-refractivity contribution is 0.173. The fourth-order valence-electron chi connectivity index (χ4n) is 1.82. The summed E-state index contributed by atoms with van der Waals surface area (Å²) in [4.78, 5) is 0. The maximum Gasteiger partial charge on any atom is 0.0787 e. The van der Waals surface area contributed by atoms with Crippen LogP contribution in [0.4, 0.5) is 5.69 Å². The van der Waals surface area contributed by atoms with Gasteiger partial charge in [0.15, 0.2) is 0 Å². The van der Waals surface area contributed by atoms with Gasteiger partial charge >= 0.3 is 0 Å². The van der Waals surface area contributed by atoms with Crippen molar-refractivity contribution in [3.8, 4) is 0 Å². The molecule has 0 aromatic heterocycles. The first kappa shape index (κ1) is 11.1. The Morgan fingerprint density at radius 2 is 1.79 bits per heavy atom. The molecule has 78 valence electrons. The zero-order chi connectivity index (χ0) is 10.7. The lowest BCUT2D eigenvalue weighted by Gasteiger charge is -2.14. The Labute approximate surface area is 86.0 Å². The predicted molar refractivity (Wildman–Crippen MR) is 60.7 cm³/mol. The molecule has 0 aliphatic rings. The van der Waals surface area contributed by atoms with Gasteiger partial charge in [0.25, 0.3) is 0 Å². The maximum atomic E-state index is 9.72. The third-order valence-corrected chi connectivity index (χ3v) is 2.58. The van der Waals surface area contributed by atoms with Crippen molar-refractivity contribution in [2.45, 2.75) is 33.3 Å². The molecule has 1 rings (SSSR count). The minimum absolute atomic E-state index is 0.335. The summed E-state index contributed by atoms with van der Waals surface area (Å²) < 4.78 is 0. The Bertz CT molecular complexity index is 297. The van der Waals surface area contributed by atoms with E-state index in [-0.39, 0.29) is 6.10 Å². The third-order valence-electron chi connectivity index (χ3n) is 2.58. The normalized spacial score (nSPS) is 12.6. The van der Waals surface area contributed by atoms with Crippen molar-refractivity contribution >= 4 is 5.69 Å². The second-order valence-electron chi connectivity index (χ2n) is 3.70. The van der Waals surface area contributed by atoms with E-state index in [2.05, 4.69) is 19.2 Å². The highest BCUT2D eigenvalue weighted by Gasteiger charge is 2.08. The van der Waals surface area contributed by atoms with Crippen molar-refractivity contribution in [3.05, 3.63) is 28.8 Å². The van der Waals surface area contributed by atoms with E-state index in [1.807, 2.05) is 26.1 Å². The molecule has 1 atom stereocenters. The monoisotopic (exact) mass is 193 g/mol. The van der Waals surface area contributed by atoms with Gasteiger partial charge in [-0.15, -0.1) is 0 Å². The van der Waals surface area contributed by atoms with Gasteiger partial charge in [0.05, 0.1) is 6.10 Å². The number of nitrogens with one attached hydrogen (secondary N) is 1. The summed E-state index contributed by atoms with van der Waals surface area (Å²) >= 11 is 0. The first-order valence-electron chi connectivity index (χ1n) is 5.07. The van der Waals surface area contributed by atoms with Gasteiger partial charge in [-0.3, -0.25) is 0 Å². The van der Waals surface area contributed by atoms with Crippen molar-refractivity contribution in [2.24, 2.45) is 0 Å². The molecular weight excluding hydrogens is 174 g/mol. The van der Waals surface area contributed by atoms with Crippen LogP contribution in [0.2, 0.25) is 0 Å². The second-order valence-corrected chi connectivity index (χ2v) is 3.70. The molecule has 1 aromatic carbocycles. The van der Waals surface area contributed by atoms with E-state index >= 15 is 0 Å². The van der Waals surface area contributed by atoms with Gasteiger partial charge in [-0.25, -0.2) is 0 Å². The second kappa shape index (κ2) is 4.47. The Morgan fingerprint density at radius 3 is 2.14 bits per heavy atom. The molecule has 0 saturated carbocycles. The Kier molecular flexibility index (Phi) is 3.53. The van der Waals surface area contributed by atoms with E-state index in [0.29, 0.717) is 0 Å². The quantitative estimate of drug-likeness (QED) is 0.773. The molecule has 0 spiro atoms. The van der Waals surface area contributed by atoms with Crippen molar-refractivity contribution in [1.82, 2.24) is 0 Å². The van der Waals surface area contributed by atoms with Crippen LogP contribution >= 0.6 is 0 Å². The summed E-state index contributed by atoms with van der Waals surface area (Å²) in [6.45, 7) is 6.11. The zero-order valence-corrected chi connectivity index (χ0v) is 9.39. The average molecular weight is 193 g/mol. The summed E-state index contributed by atoms with van der Waals surface area (Å²) in [6, 6.07) is 4.10. The SMILES string of the molecule is CCC(O)c1cc(C)c(NC)c(C)c1. The number of anilines is 1. The Balaban J connectivity index is 3.13. The number of aryl methyl sites for hydroxylation is 2. The van der Waals surface area contributed by atoms with Crippen LogP contribution in [0.3, 0.4) is 0 Å². The van der Waals surface area contributed by atoms with Crippen molar-refractivity contribution in [2.75, 3.05) is 12.4 Å².